The fourth-order valence-electron chi connectivity index (χ4n) is 1.64. The maximum absolute atomic E-state index is 13.0. The third-order valence-corrected chi connectivity index (χ3v) is 3.05. The molecule has 1 aromatic carbocycles. The van der Waals surface area contributed by atoms with Gasteiger partial charge in [-0.05, 0) is 12.1 Å². The Morgan fingerprint density at radius 1 is 1.62 bits per heavy atom. The summed E-state index contributed by atoms with van der Waals surface area (Å²) in [6, 6.07) is 4.19. The number of esters is 1. The lowest BCUT2D eigenvalue weighted by atomic mass is 10.0. The first-order chi connectivity index (χ1) is 7.58. The van der Waals surface area contributed by atoms with Crippen LogP contribution >= 0.6 is 15.9 Å². The zero-order chi connectivity index (χ0) is 11.7. The number of hydrogen-bond donors (Lipinski definition) is 0. The number of rotatable bonds is 1. The molecule has 0 spiro atoms. The molecular formula is C11H10BrFO3. The van der Waals surface area contributed by atoms with Crippen LogP contribution in [0.5, 0.6) is 5.75 Å². The van der Waals surface area contributed by atoms with Crippen molar-refractivity contribution in [3.63, 3.8) is 0 Å². The predicted molar refractivity (Wildman–Crippen MR) is 59.1 cm³/mol. The van der Waals surface area contributed by atoms with Crippen molar-refractivity contribution < 1.29 is 18.7 Å². The Hall–Kier alpha value is -1.10. The third-order valence-electron chi connectivity index (χ3n) is 2.30. The highest BCUT2D eigenvalue weighted by Crippen LogP contribution is 2.38. The van der Waals surface area contributed by atoms with E-state index in [4.69, 9.17) is 9.47 Å². The van der Waals surface area contributed by atoms with Crippen molar-refractivity contribution >= 4 is 21.9 Å². The number of carbonyl (C=O) groups excluding carboxylic acids is 1. The zero-order valence-corrected chi connectivity index (χ0v) is 10.2. The summed E-state index contributed by atoms with van der Waals surface area (Å²) in [6.07, 6.45) is -0.429. The van der Waals surface area contributed by atoms with Crippen molar-refractivity contribution in [2.75, 3.05) is 6.61 Å². The van der Waals surface area contributed by atoms with Crippen molar-refractivity contribution in [3.05, 3.63) is 29.6 Å². The summed E-state index contributed by atoms with van der Waals surface area (Å²) in [6.45, 7) is 1.69. The lowest BCUT2D eigenvalue weighted by Crippen LogP contribution is -2.29. The molecule has 3 nitrogen and oxygen atoms in total. The summed E-state index contributed by atoms with van der Waals surface area (Å²) in [4.78, 5) is 10.9. The van der Waals surface area contributed by atoms with Crippen LogP contribution in [-0.2, 0) is 9.53 Å². The lowest BCUT2D eigenvalue weighted by Gasteiger charge is -2.29. The number of hydrogen-bond acceptors (Lipinski definition) is 3. The Balaban J connectivity index is 2.36. The van der Waals surface area contributed by atoms with E-state index in [-0.39, 0.29) is 16.6 Å². The van der Waals surface area contributed by atoms with E-state index in [0.29, 0.717) is 17.9 Å². The third kappa shape index (κ3) is 2.19. The van der Waals surface area contributed by atoms with Gasteiger partial charge < -0.3 is 9.47 Å². The minimum absolute atomic E-state index is 0.116. The molecule has 0 radical (unpaired) electrons. The Kier molecular flexibility index (Phi) is 3.14. The highest BCUT2D eigenvalue weighted by Gasteiger charge is 2.31. The molecule has 0 aromatic heterocycles. The molecule has 1 aromatic rings. The van der Waals surface area contributed by atoms with E-state index in [1.54, 1.807) is 6.07 Å². The molecule has 0 amide bonds. The second kappa shape index (κ2) is 4.41. The van der Waals surface area contributed by atoms with Gasteiger partial charge in [0, 0.05) is 18.6 Å². The second-order valence-corrected chi connectivity index (χ2v) is 4.72. The molecule has 1 heterocycles. The average molecular weight is 289 g/mol. The SMILES string of the molecule is CC(=O)OC1c2ccc(F)cc2OCC1Br. The fourth-order valence-corrected chi connectivity index (χ4v) is 2.16. The van der Waals surface area contributed by atoms with Gasteiger partial charge in [0.25, 0.3) is 0 Å². The number of fused-ring (bicyclic) bond motifs is 1. The highest BCUT2D eigenvalue weighted by molar-refractivity contribution is 9.09. The van der Waals surface area contributed by atoms with Crippen molar-refractivity contribution in [1.82, 2.24) is 0 Å². The van der Waals surface area contributed by atoms with Crippen LogP contribution in [0.1, 0.15) is 18.6 Å². The van der Waals surface area contributed by atoms with Crippen LogP contribution in [0.2, 0.25) is 0 Å². The van der Waals surface area contributed by atoms with Gasteiger partial charge in [-0.3, -0.25) is 4.79 Å². The fraction of sp³-hybridized carbons (Fsp3) is 0.364. The Bertz CT molecular complexity index is 422. The average Bonchev–Trinajstić information content (AvgIpc) is 2.22. The smallest absolute Gasteiger partial charge is 0.303 e. The molecular weight excluding hydrogens is 279 g/mol. The van der Waals surface area contributed by atoms with E-state index in [2.05, 4.69) is 15.9 Å². The van der Waals surface area contributed by atoms with Crippen molar-refractivity contribution in [2.24, 2.45) is 0 Å². The number of alkyl halides is 1. The summed E-state index contributed by atoms with van der Waals surface area (Å²) in [5.74, 6) is -0.304. The van der Waals surface area contributed by atoms with E-state index in [1.165, 1.54) is 19.1 Å². The molecule has 1 aliphatic rings. The first kappa shape index (κ1) is 11.4. The van der Waals surface area contributed by atoms with E-state index in [1.807, 2.05) is 0 Å². The first-order valence-corrected chi connectivity index (χ1v) is 5.73. The van der Waals surface area contributed by atoms with Crippen LogP contribution in [0.15, 0.2) is 18.2 Å². The predicted octanol–water partition coefficient (Wildman–Crippen LogP) is 2.59. The number of ether oxygens (including phenoxy) is 2. The summed E-state index contributed by atoms with van der Waals surface area (Å²) in [7, 11) is 0. The van der Waals surface area contributed by atoms with E-state index in [9.17, 15) is 9.18 Å². The van der Waals surface area contributed by atoms with Gasteiger partial charge in [0.05, 0.1) is 4.83 Å². The molecule has 86 valence electrons. The van der Waals surface area contributed by atoms with Gasteiger partial charge in [0.15, 0.2) is 0 Å². The second-order valence-electron chi connectivity index (χ2n) is 3.54. The van der Waals surface area contributed by atoms with Gasteiger partial charge in [-0.2, -0.15) is 0 Å². The molecule has 0 saturated heterocycles. The summed E-state index contributed by atoms with van der Waals surface area (Å²) in [5.41, 5.74) is 0.685. The Morgan fingerprint density at radius 3 is 3.06 bits per heavy atom. The molecule has 2 unspecified atom stereocenters. The monoisotopic (exact) mass is 288 g/mol. The first-order valence-electron chi connectivity index (χ1n) is 4.81. The van der Waals surface area contributed by atoms with E-state index >= 15 is 0 Å². The highest BCUT2D eigenvalue weighted by atomic mass is 79.9. The molecule has 0 bridgehead atoms. The molecule has 0 fully saturated rings. The van der Waals surface area contributed by atoms with Crippen LogP contribution in [0.4, 0.5) is 4.39 Å². The standard InChI is InChI=1S/C11H10BrFO3/c1-6(14)16-11-8-3-2-7(13)4-10(8)15-5-9(11)12/h2-4,9,11H,5H2,1H3. The van der Waals surface area contributed by atoms with Gasteiger partial charge >= 0.3 is 5.97 Å². The normalized spacial score (nSPS) is 23.2. The van der Waals surface area contributed by atoms with Crippen LogP contribution < -0.4 is 4.74 Å². The maximum atomic E-state index is 13.0. The van der Waals surface area contributed by atoms with Crippen molar-refractivity contribution in [3.8, 4) is 5.75 Å². The van der Waals surface area contributed by atoms with Crippen molar-refractivity contribution in [2.45, 2.75) is 17.9 Å². The Morgan fingerprint density at radius 2 is 2.38 bits per heavy atom. The lowest BCUT2D eigenvalue weighted by molar-refractivity contribution is -0.147. The van der Waals surface area contributed by atoms with Gasteiger partial charge in [-0.1, -0.05) is 15.9 Å². The van der Waals surface area contributed by atoms with Crippen LogP contribution in [0.25, 0.3) is 0 Å². The summed E-state index contributed by atoms with van der Waals surface area (Å²) in [5, 5.41) is 0. The van der Waals surface area contributed by atoms with E-state index in [0.717, 1.165) is 0 Å². The largest absolute Gasteiger partial charge is 0.492 e. The molecule has 1 aliphatic heterocycles. The molecule has 5 heteroatoms. The molecule has 2 rings (SSSR count). The molecule has 0 aliphatic carbocycles. The van der Waals surface area contributed by atoms with Gasteiger partial charge in [0.2, 0.25) is 0 Å². The number of benzene rings is 1. The number of carbonyl (C=O) groups is 1. The quantitative estimate of drug-likeness (QED) is 0.589. The molecule has 16 heavy (non-hydrogen) atoms. The molecule has 0 N–H and O–H groups in total. The maximum Gasteiger partial charge on any atom is 0.303 e. The summed E-state index contributed by atoms with van der Waals surface area (Å²) < 4.78 is 23.5. The van der Waals surface area contributed by atoms with Crippen molar-refractivity contribution in [1.29, 1.82) is 0 Å². The van der Waals surface area contributed by atoms with Gasteiger partial charge in [0.1, 0.15) is 24.3 Å². The Labute approximate surface area is 101 Å². The van der Waals surface area contributed by atoms with Gasteiger partial charge in [-0.25, -0.2) is 4.39 Å². The molecule has 2 atom stereocenters. The zero-order valence-electron chi connectivity index (χ0n) is 8.57. The van der Waals surface area contributed by atoms with Crippen LogP contribution in [0, 0.1) is 5.82 Å². The topological polar surface area (TPSA) is 35.5 Å². The van der Waals surface area contributed by atoms with E-state index < -0.39 is 6.10 Å². The minimum atomic E-state index is -0.429. The molecule has 0 saturated carbocycles. The van der Waals surface area contributed by atoms with Crippen LogP contribution in [-0.4, -0.2) is 17.4 Å². The summed E-state index contributed by atoms with van der Waals surface area (Å²) >= 11 is 3.38. The van der Waals surface area contributed by atoms with Crippen LogP contribution in [0.3, 0.4) is 0 Å². The minimum Gasteiger partial charge on any atom is -0.492 e. The van der Waals surface area contributed by atoms with Gasteiger partial charge in [-0.15, -0.1) is 0 Å². The number of halogens is 2.